The van der Waals surface area contributed by atoms with Gasteiger partial charge >= 0.3 is 0 Å². The van der Waals surface area contributed by atoms with Gasteiger partial charge in [0.15, 0.2) is 0 Å². The third kappa shape index (κ3) is 4.99. The molecule has 19 heavy (non-hydrogen) atoms. The second-order valence-electron chi connectivity index (χ2n) is 6.80. The predicted octanol–water partition coefficient (Wildman–Crippen LogP) is 4.26. The summed E-state index contributed by atoms with van der Waals surface area (Å²) in [5.41, 5.74) is 4.34. The molecule has 1 aliphatic rings. The molecular formula is C18H29N. The van der Waals surface area contributed by atoms with Gasteiger partial charge in [0.1, 0.15) is 0 Å². The molecule has 0 aliphatic heterocycles. The number of nitrogens with one attached hydrogen (secondary N) is 1. The van der Waals surface area contributed by atoms with Gasteiger partial charge in [-0.3, -0.25) is 0 Å². The molecule has 1 saturated carbocycles. The Morgan fingerprint density at radius 2 is 1.89 bits per heavy atom. The first-order chi connectivity index (χ1) is 9.04. The zero-order valence-electron chi connectivity index (χ0n) is 13.0. The smallest absolute Gasteiger partial charge is 0.00683 e. The Kier molecular flexibility index (Phi) is 5.04. The number of rotatable bonds is 7. The van der Waals surface area contributed by atoms with Crippen molar-refractivity contribution in [2.45, 2.75) is 59.4 Å². The predicted molar refractivity (Wildman–Crippen MR) is 83.6 cm³/mol. The minimum absolute atomic E-state index is 0.780. The molecule has 0 spiro atoms. The molecule has 0 aromatic heterocycles. The number of aryl methyl sites for hydroxylation is 2. The molecule has 1 aromatic carbocycles. The Morgan fingerprint density at radius 3 is 2.47 bits per heavy atom. The molecule has 2 rings (SSSR count). The van der Waals surface area contributed by atoms with Crippen LogP contribution in [0.15, 0.2) is 18.2 Å². The summed E-state index contributed by atoms with van der Waals surface area (Å²) in [5, 5.41) is 3.71. The number of benzene rings is 1. The lowest BCUT2D eigenvalue weighted by atomic mass is 9.90. The van der Waals surface area contributed by atoms with E-state index in [2.05, 4.69) is 51.2 Å². The van der Waals surface area contributed by atoms with E-state index in [9.17, 15) is 0 Å². The molecule has 0 radical (unpaired) electrons. The van der Waals surface area contributed by atoms with Crippen molar-refractivity contribution in [1.29, 1.82) is 0 Å². The van der Waals surface area contributed by atoms with Crippen LogP contribution in [0, 0.1) is 25.7 Å². The third-order valence-corrected chi connectivity index (χ3v) is 4.17. The van der Waals surface area contributed by atoms with E-state index >= 15 is 0 Å². The standard InChI is InChI=1S/C18H29N/c1-13(2)9-17(12-19-18-7-8-18)11-16-6-5-14(3)15(4)10-16/h5-6,10,13,17-19H,7-9,11-12H2,1-4H3. The van der Waals surface area contributed by atoms with E-state index in [0.29, 0.717) is 0 Å². The Balaban J connectivity index is 1.94. The second kappa shape index (κ2) is 6.56. The van der Waals surface area contributed by atoms with Crippen molar-refractivity contribution >= 4 is 0 Å². The lowest BCUT2D eigenvalue weighted by Gasteiger charge is -2.20. The van der Waals surface area contributed by atoms with Gasteiger partial charge in [0, 0.05) is 6.04 Å². The lowest BCUT2D eigenvalue weighted by Crippen LogP contribution is -2.27. The highest BCUT2D eigenvalue weighted by Crippen LogP contribution is 2.22. The van der Waals surface area contributed by atoms with E-state index < -0.39 is 0 Å². The molecule has 1 unspecified atom stereocenters. The van der Waals surface area contributed by atoms with E-state index in [1.807, 2.05) is 0 Å². The summed E-state index contributed by atoms with van der Waals surface area (Å²) < 4.78 is 0. The molecular weight excluding hydrogens is 230 g/mol. The monoisotopic (exact) mass is 259 g/mol. The quantitative estimate of drug-likeness (QED) is 0.771. The molecule has 106 valence electrons. The van der Waals surface area contributed by atoms with Crippen LogP contribution in [0.1, 0.15) is 49.8 Å². The van der Waals surface area contributed by atoms with Crippen molar-refractivity contribution < 1.29 is 0 Å². The van der Waals surface area contributed by atoms with Crippen LogP contribution in [0.25, 0.3) is 0 Å². The fourth-order valence-electron chi connectivity index (χ4n) is 2.79. The number of hydrogen-bond donors (Lipinski definition) is 1. The first-order valence-corrected chi connectivity index (χ1v) is 7.84. The summed E-state index contributed by atoms with van der Waals surface area (Å²) in [6.07, 6.45) is 5.32. The van der Waals surface area contributed by atoms with E-state index in [-0.39, 0.29) is 0 Å². The van der Waals surface area contributed by atoms with Crippen molar-refractivity contribution in [2.24, 2.45) is 11.8 Å². The van der Waals surface area contributed by atoms with Gasteiger partial charge in [-0.25, -0.2) is 0 Å². The zero-order valence-corrected chi connectivity index (χ0v) is 13.0. The van der Waals surface area contributed by atoms with E-state index in [1.165, 1.54) is 48.9 Å². The van der Waals surface area contributed by atoms with Gasteiger partial charge in [-0.2, -0.15) is 0 Å². The molecule has 0 bridgehead atoms. The molecule has 1 fully saturated rings. The van der Waals surface area contributed by atoms with Crippen LogP contribution in [0.4, 0.5) is 0 Å². The summed E-state index contributed by atoms with van der Waals surface area (Å²) in [6.45, 7) is 10.3. The molecule has 1 aromatic rings. The minimum atomic E-state index is 0.780. The molecule has 0 heterocycles. The van der Waals surface area contributed by atoms with Gasteiger partial charge in [-0.05, 0) is 74.6 Å². The van der Waals surface area contributed by atoms with E-state index in [0.717, 1.165) is 17.9 Å². The average molecular weight is 259 g/mol. The topological polar surface area (TPSA) is 12.0 Å². The van der Waals surface area contributed by atoms with Crippen LogP contribution in [0.5, 0.6) is 0 Å². The van der Waals surface area contributed by atoms with Crippen molar-refractivity contribution in [3.63, 3.8) is 0 Å². The Morgan fingerprint density at radius 1 is 1.16 bits per heavy atom. The summed E-state index contributed by atoms with van der Waals surface area (Å²) in [5.74, 6) is 1.57. The lowest BCUT2D eigenvalue weighted by molar-refractivity contribution is 0.384. The van der Waals surface area contributed by atoms with Gasteiger partial charge in [-0.1, -0.05) is 32.0 Å². The summed E-state index contributed by atoms with van der Waals surface area (Å²) in [6, 6.07) is 7.78. The molecule has 1 atom stereocenters. The molecule has 1 N–H and O–H groups in total. The molecule has 0 amide bonds. The highest BCUT2D eigenvalue weighted by molar-refractivity contribution is 5.30. The van der Waals surface area contributed by atoms with Gasteiger partial charge in [0.2, 0.25) is 0 Å². The SMILES string of the molecule is Cc1ccc(CC(CNC2CC2)CC(C)C)cc1C. The van der Waals surface area contributed by atoms with Gasteiger partial charge < -0.3 is 5.32 Å². The van der Waals surface area contributed by atoms with E-state index in [1.54, 1.807) is 0 Å². The maximum absolute atomic E-state index is 3.71. The van der Waals surface area contributed by atoms with Crippen molar-refractivity contribution in [2.75, 3.05) is 6.54 Å². The fourth-order valence-corrected chi connectivity index (χ4v) is 2.79. The Bertz CT molecular complexity index is 404. The van der Waals surface area contributed by atoms with Crippen LogP contribution >= 0.6 is 0 Å². The van der Waals surface area contributed by atoms with Crippen LogP contribution in [0.2, 0.25) is 0 Å². The van der Waals surface area contributed by atoms with Crippen LogP contribution in [0.3, 0.4) is 0 Å². The average Bonchev–Trinajstić information content (AvgIpc) is 3.14. The normalized spacial score (nSPS) is 16.9. The maximum Gasteiger partial charge on any atom is 0.00683 e. The van der Waals surface area contributed by atoms with Crippen LogP contribution < -0.4 is 5.32 Å². The summed E-state index contributed by atoms with van der Waals surface area (Å²) >= 11 is 0. The van der Waals surface area contributed by atoms with Gasteiger partial charge in [0.05, 0.1) is 0 Å². The molecule has 1 nitrogen and oxygen atoms in total. The molecule has 1 aliphatic carbocycles. The highest BCUT2D eigenvalue weighted by atomic mass is 14.9. The van der Waals surface area contributed by atoms with Crippen LogP contribution in [-0.4, -0.2) is 12.6 Å². The van der Waals surface area contributed by atoms with Crippen molar-refractivity contribution in [3.8, 4) is 0 Å². The second-order valence-corrected chi connectivity index (χ2v) is 6.80. The van der Waals surface area contributed by atoms with Gasteiger partial charge in [-0.15, -0.1) is 0 Å². The minimum Gasteiger partial charge on any atom is -0.314 e. The van der Waals surface area contributed by atoms with Crippen LogP contribution in [-0.2, 0) is 6.42 Å². The third-order valence-electron chi connectivity index (χ3n) is 4.17. The van der Waals surface area contributed by atoms with Crippen molar-refractivity contribution in [3.05, 3.63) is 34.9 Å². The number of hydrogen-bond acceptors (Lipinski definition) is 1. The first kappa shape index (κ1) is 14.6. The van der Waals surface area contributed by atoms with E-state index in [4.69, 9.17) is 0 Å². The Labute approximate surface area is 118 Å². The van der Waals surface area contributed by atoms with Gasteiger partial charge in [0.25, 0.3) is 0 Å². The fraction of sp³-hybridized carbons (Fsp3) is 0.667. The molecule has 1 heteroatoms. The summed E-state index contributed by atoms with van der Waals surface area (Å²) in [7, 11) is 0. The highest BCUT2D eigenvalue weighted by Gasteiger charge is 2.22. The largest absolute Gasteiger partial charge is 0.314 e. The Hall–Kier alpha value is -0.820. The zero-order chi connectivity index (χ0) is 13.8. The summed E-state index contributed by atoms with van der Waals surface area (Å²) in [4.78, 5) is 0. The maximum atomic E-state index is 3.71. The molecule has 0 saturated heterocycles. The van der Waals surface area contributed by atoms with Crippen molar-refractivity contribution in [1.82, 2.24) is 5.32 Å². The first-order valence-electron chi connectivity index (χ1n) is 7.84.